The minimum atomic E-state index is -3.41. The lowest BCUT2D eigenvalue weighted by molar-refractivity contribution is -0.384. The van der Waals surface area contributed by atoms with E-state index >= 15 is 0 Å². The summed E-state index contributed by atoms with van der Waals surface area (Å²) in [6.45, 7) is -0.197. The Morgan fingerprint density at radius 1 is 1.06 bits per heavy atom. The third kappa shape index (κ3) is 4.08. The van der Waals surface area contributed by atoms with E-state index in [4.69, 9.17) is 0 Å². The van der Waals surface area contributed by atoms with E-state index in [9.17, 15) is 23.6 Å². The molecule has 0 fully saturated rings. The molecule has 18 heavy (non-hydrogen) atoms. The molecule has 0 aliphatic heterocycles. The topological polar surface area (TPSA) is 97.2 Å². The smallest absolute Gasteiger partial charge is 0.258 e. The van der Waals surface area contributed by atoms with Gasteiger partial charge in [0.15, 0.2) is 9.84 Å². The molecule has 99 valence electrons. The first-order valence-electron chi connectivity index (χ1n) is 5.52. The van der Waals surface area contributed by atoms with Gasteiger partial charge < -0.3 is 0 Å². The molecule has 0 atom stereocenters. The van der Waals surface area contributed by atoms with Crippen molar-refractivity contribution in [3.8, 4) is 0 Å². The number of unbranched alkanes of at least 4 members (excludes halogenated alkanes) is 2. The zero-order valence-electron chi connectivity index (χ0n) is 9.74. The van der Waals surface area contributed by atoms with E-state index in [0.717, 1.165) is 0 Å². The SMILES string of the molecule is [O]CCCCCS(=O)(=O)c1ccc([N+](=O)[O-])cc1. The maximum atomic E-state index is 11.8. The molecule has 0 heterocycles. The summed E-state index contributed by atoms with van der Waals surface area (Å²) in [5.41, 5.74) is -0.139. The van der Waals surface area contributed by atoms with E-state index in [2.05, 4.69) is 0 Å². The highest BCUT2D eigenvalue weighted by Crippen LogP contribution is 2.17. The minimum absolute atomic E-state index is 0.0369. The maximum Gasteiger partial charge on any atom is 0.269 e. The van der Waals surface area contributed by atoms with Crippen molar-refractivity contribution in [2.75, 3.05) is 12.4 Å². The average molecular weight is 272 g/mol. The molecule has 6 nitrogen and oxygen atoms in total. The van der Waals surface area contributed by atoms with E-state index < -0.39 is 14.8 Å². The van der Waals surface area contributed by atoms with Gasteiger partial charge >= 0.3 is 0 Å². The number of nitrogens with zero attached hydrogens (tertiary/aromatic N) is 1. The van der Waals surface area contributed by atoms with Crippen LogP contribution in [0.25, 0.3) is 0 Å². The van der Waals surface area contributed by atoms with Gasteiger partial charge in [0.25, 0.3) is 5.69 Å². The molecular weight excluding hydrogens is 258 g/mol. The van der Waals surface area contributed by atoms with Gasteiger partial charge in [0.2, 0.25) is 0 Å². The van der Waals surface area contributed by atoms with Crippen LogP contribution in [-0.2, 0) is 14.9 Å². The van der Waals surface area contributed by atoms with Crippen LogP contribution in [0.15, 0.2) is 29.2 Å². The number of sulfone groups is 1. The Morgan fingerprint density at radius 2 is 1.67 bits per heavy atom. The molecule has 0 saturated heterocycles. The summed E-state index contributed by atoms with van der Waals surface area (Å²) >= 11 is 0. The van der Waals surface area contributed by atoms with Crippen LogP contribution in [0.3, 0.4) is 0 Å². The zero-order valence-corrected chi connectivity index (χ0v) is 10.6. The fraction of sp³-hybridized carbons (Fsp3) is 0.455. The van der Waals surface area contributed by atoms with Crippen molar-refractivity contribution in [1.82, 2.24) is 0 Å². The standard InChI is InChI=1S/C11H14NO5S/c13-8-2-1-3-9-18(16,17)11-6-4-10(5-7-11)12(14)15/h4-7H,1-3,8-9H2. The van der Waals surface area contributed by atoms with E-state index in [1.54, 1.807) is 0 Å². The molecule has 0 N–H and O–H groups in total. The van der Waals surface area contributed by atoms with Crippen LogP contribution in [0.4, 0.5) is 5.69 Å². The summed E-state index contributed by atoms with van der Waals surface area (Å²) in [6, 6.07) is 4.82. The predicted molar refractivity (Wildman–Crippen MR) is 64.6 cm³/mol. The highest BCUT2D eigenvalue weighted by molar-refractivity contribution is 7.91. The molecule has 1 aromatic carbocycles. The summed E-state index contributed by atoms with van der Waals surface area (Å²) in [7, 11) is -3.41. The predicted octanol–water partition coefficient (Wildman–Crippen LogP) is 1.97. The average Bonchev–Trinajstić information content (AvgIpc) is 2.35. The number of nitro benzene ring substituents is 1. The Hall–Kier alpha value is -1.47. The Morgan fingerprint density at radius 3 is 2.17 bits per heavy atom. The van der Waals surface area contributed by atoms with Gasteiger partial charge in [0.1, 0.15) is 0 Å². The molecule has 0 aromatic heterocycles. The second-order valence-corrected chi connectivity index (χ2v) is 5.94. The minimum Gasteiger partial charge on any atom is -0.258 e. The lowest BCUT2D eigenvalue weighted by atomic mass is 10.3. The first-order valence-corrected chi connectivity index (χ1v) is 7.18. The second-order valence-electron chi connectivity index (χ2n) is 3.83. The Bertz CT molecular complexity index is 495. The summed E-state index contributed by atoms with van der Waals surface area (Å²) in [5, 5.41) is 20.6. The van der Waals surface area contributed by atoms with Crippen molar-refractivity contribution in [2.24, 2.45) is 0 Å². The van der Waals surface area contributed by atoms with Gasteiger partial charge in [-0.2, -0.15) is 0 Å². The molecular formula is C11H14NO5S. The first-order chi connectivity index (χ1) is 8.47. The van der Waals surface area contributed by atoms with E-state index in [-0.39, 0.29) is 22.9 Å². The number of nitro groups is 1. The molecule has 0 unspecified atom stereocenters. The number of benzene rings is 1. The van der Waals surface area contributed by atoms with Crippen molar-refractivity contribution < 1.29 is 18.4 Å². The fourth-order valence-electron chi connectivity index (χ4n) is 1.46. The number of non-ortho nitro benzene ring substituents is 1. The van der Waals surface area contributed by atoms with Gasteiger partial charge in [-0.05, 0) is 25.0 Å². The third-order valence-electron chi connectivity index (χ3n) is 2.46. The van der Waals surface area contributed by atoms with Gasteiger partial charge in [0, 0.05) is 12.1 Å². The van der Waals surface area contributed by atoms with Crippen LogP contribution in [0, 0.1) is 10.1 Å². The molecule has 1 aromatic rings. The zero-order chi connectivity index (χ0) is 13.6. The largest absolute Gasteiger partial charge is 0.269 e. The third-order valence-corrected chi connectivity index (χ3v) is 4.28. The van der Waals surface area contributed by atoms with E-state index in [0.29, 0.717) is 19.3 Å². The molecule has 1 radical (unpaired) electrons. The molecule has 0 spiro atoms. The first kappa shape index (κ1) is 14.6. The summed E-state index contributed by atoms with van der Waals surface area (Å²) in [6.07, 6.45) is 1.48. The quantitative estimate of drug-likeness (QED) is 0.430. The summed E-state index contributed by atoms with van der Waals surface area (Å²) in [5.74, 6) is -0.0369. The lowest BCUT2D eigenvalue weighted by Gasteiger charge is -2.03. The van der Waals surface area contributed by atoms with Crippen molar-refractivity contribution in [3.05, 3.63) is 34.4 Å². The maximum absolute atomic E-state index is 11.8. The lowest BCUT2D eigenvalue weighted by Crippen LogP contribution is -2.07. The van der Waals surface area contributed by atoms with Gasteiger partial charge in [-0.25, -0.2) is 13.5 Å². The highest BCUT2D eigenvalue weighted by atomic mass is 32.2. The molecule has 1 rings (SSSR count). The van der Waals surface area contributed by atoms with Crippen molar-refractivity contribution in [1.29, 1.82) is 0 Å². The monoisotopic (exact) mass is 272 g/mol. The van der Waals surface area contributed by atoms with Gasteiger partial charge in [-0.3, -0.25) is 10.1 Å². The number of hydrogen-bond donors (Lipinski definition) is 0. The van der Waals surface area contributed by atoms with Crippen LogP contribution in [0.2, 0.25) is 0 Å². The van der Waals surface area contributed by atoms with Crippen molar-refractivity contribution >= 4 is 15.5 Å². The van der Waals surface area contributed by atoms with Gasteiger partial charge in [0.05, 0.1) is 22.2 Å². The summed E-state index contributed by atoms with van der Waals surface area (Å²) in [4.78, 5) is 9.93. The van der Waals surface area contributed by atoms with Crippen LogP contribution >= 0.6 is 0 Å². The second kappa shape index (κ2) is 6.46. The molecule has 0 saturated carbocycles. The molecule has 0 bridgehead atoms. The Balaban J connectivity index is 2.70. The van der Waals surface area contributed by atoms with Crippen LogP contribution in [0.1, 0.15) is 19.3 Å². The number of hydrogen-bond acceptors (Lipinski definition) is 4. The summed E-state index contributed by atoms with van der Waals surface area (Å²) < 4.78 is 23.7. The Labute approximate surface area is 105 Å². The van der Waals surface area contributed by atoms with Crippen LogP contribution < -0.4 is 0 Å². The van der Waals surface area contributed by atoms with E-state index in [1.165, 1.54) is 24.3 Å². The fourth-order valence-corrected chi connectivity index (χ4v) is 2.83. The van der Waals surface area contributed by atoms with Gasteiger partial charge in [-0.1, -0.05) is 6.42 Å². The molecule has 7 heteroatoms. The molecule has 0 amide bonds. The normalized spacial score (nSPS) is 11.4. The van der Waals surface area contributed by atoms with Crippen LogP contribution in [-0.4, -0.2) is 25.7 Å². The van der Waals surface area contributed by atoms with Gasteiger partial charge in [-0.15, -0.1) is 0 Å². The highest BCUT2D eigenvalue weighted by Gasteiger charge is 2.15. The van der Waals surface area contributed by atoms with E-state index in [1.807, 2.05) is 0 Å². The van der Waals surface area contributed by atoms with Crippen molar-refractivity contribution in [3.63, 3.8) is 0 Å². The van der Waals surface area contributed by atoms with Crippen LogP contribution in [0.5, 0.6) is 0 Å². The van der Waals surface area contributed by atoms with Crippen molar-refractivity contribution in [2.45, 2.75) is 24.2 Å². The Kier molecular flexibility index (Phi) is 5.24. The number of rotatable bonds is 7. The molecule has 0 aliphatic carbocycles. The molecule has 0 aliphatic rings.